The molecule has 0 radical (unpaired) electrons. The Hall–Kier alpha value is -2.57. The Morgan fingerprint density at radius 2 is 1.91 bits per heavy atom. The van der Waals surface area contributed by atoms with E-state index in [4.69, 9.17) is 4.74 Å². The van der Waals surface area contributed by atoms with Gasteiger partial charge in [0.1, 0.15) is 11.5 Å². The molecule has 7 nitrogen and oxygen atoms in total. The highest BCUT2D eigenvalue weighted by Crippen LogP contribution is 2.28. The number of hydrogen-bond donors (Lipinski definition) is 1. The summed E-state index contributed by atoms with van der Waals surface area (Å²) >= 11 is 0. The number of amides is 2. The summed E-state index contributed by atoms with van der Waals surface area (Å²) in [5.41, 5.74) is 3.86. The molecule has 23 heavy (non-hydrogen) atoms. The van der Waals surface area contributed by atoms with Gasteiger partial charge in [0.2, 0.25) is 5.91 Å². The van der Waals surface area contributed by atoms with E-state index in [-0.39, 0.29) is 11.8 Å². The molecule has 0 atom stereocenters. The summed E-state index contributed by atoms with van der Waals surface area (Å²) in [6.45, 7) is 2.74. The van der Waals surface area contributed by atoms with E-state index in [1.807, 2.05) is 24.3 Å². The van der Waals surface area contributed by atoms with Gasteiger partial charge in [-0.2, -0.15) is 5.10 Å². The third-order valence-corrected chi connectivity index (χ3v) is 4.14. The molecule has 1 saturated heterocycles. The summed E-state index contributed by atoms with van der Waals surface area (Å²) in [6.07, 6.45) is 0.739. The van der Waals surface area contributed by atoms with Crippen molar-refractivity contribution in [3.63, 3.8) is 0 Å². The topological polar surface area (TPSA) is 74.2 Å². The second-order valence-electron chi connectivity index (χ2n) is 5.54. The SMILES string of the molecule is COc1ccccc1N1CCN(C(=O)C2=NNC(=O)CC2)CC1. The molecule has 1 aromatic carbocycles. The normalized spacial score (nSPS) is 18.3. The molecule has 1 aromatic rings. The van der Waals surface area contributed by atoms with Crippen LogP contribution in [0.1, 0.15) is 12.8 Å². The molecular weight excluding hydrogens is 296 g/mol. The van der Waals surface area contributed by atoms with Crippen LogP contribution < -0.4 is 15.1 Å². The fourth-order valence-electron chi connectivity index (χ4n) is 2.85. The number of rotatable bonds is 3. The van der Waals surface area contributed by atoms with Crippen molar-refractivity contribution in [3.05, 3.63) is 24.3 Å². The highest BCUT2D eigenvalue weighted by atomic mass is 16.5. The predicted octanol–water partition coefficient (Wildman–Crippen LogP) is 0.610. The van der Waals surface area contributed by atoms with Gasteiger partial charge in [0.25, 0.3) is 5.91 Å². The largest absolute Gasteiger partial charge is 0.495 e. The molecule has 122 valence electrons. The van der Waals surface area contributed by atoms with Gasteiger partial charge in [-0.25, -0.2) is 5.43 Å². The van der Waals surface area contributed by atoms with E-state index in [9.17, 15) is 9.59 Å². The summed E-state index contributed by atoms with van der Waals surface area (Å²) in [7, 11) is 1.66. The molecule has 2 heterocycles. The van der Waals surface area contributed by atoms with E-state index in [0.717, 1.165) is 24.5 Å². The number of hydrazone groups is 1. The van der Waals surface area contributed by atoms with E-state index in [1.165, 1.54) is 0 Å². The van der Waals surface area contributed by atoms with Crippen LogP contribution in [-0.2, 0) is 9.59 Å². The van der Waals surface area contributed by atoms with Crippen molar-refractivity contribution in [1.29, 1.82) is 0 Å². The standard InChI is InChI=1S/C16H20N4O3/c1-23-14-5-3-2-4-13(14)19-8-10-20(11-9-19)16(22)12-6-7-15(21)18-17-12/h2-5H,6-11H2,1H3,(H,18,21). The monoisotopic (exact) mass is 316 g/mol. The molecule has 0 aromatic heterocycles. The molecule has 1 fully saturated rings. The lowest BCUT2D eigenvalue weighted by Gasteiger charge is -2.36. The van der Waals surface area contributed by atoms with Crippen molar-refractivity contribution >= 4 is 23.2 Å². The van der Waals surface area contributed by atoms with Crippen LogP contribution >= 0.6 is 0 Å². The number of para-hydroxylation sites is 2. The minimum atomic E-state index is -0.137. The number of carbonyl (C=O) groups is 2. The molecule has 0 aliphatic carbocycles. The highest BCUT2D eigenvalue weighted by molar-refractivity contribution is 6.39. The van der Waals surface area contributed by atoms with Gasteiger partial charge in [-0.3, -0.25) is 9.59 Å². The quantitative estimate of drug-likeness (QED) is 0.887. The number of anilines is 1. The Bertz CT molecular complexity index is 636. The number of hydrogen-bond acceptors (Lipinski definition) is 5. The average molecular weight is 316 g/mol. The fraction of sp³-hybridized carbons (Fsp3) is 0.438. The van der Waals surface area contributed by atoms with Crippen LogP contribution in [0.4, 0.5) is 5.69 Å². The van der Waals surface area contributed by atoms with Crippen LogP contribution in [0.3, 0.4) is 0 Å². The van der Waals surface area contributed by atoms with Gasteiger partial charge in [0.15, 0.2) is 0 Å². The van der Waals surface area contributed by atoms with E-state index in [2.05, 4.69) is 15.4 Å². The van der Waals surface area contributed by atoms with Crippen molar-refractivity contribution in [2.24, 2.45) is 5.10 Å². The molecule has 2 aliphatic heterocycles. The first-order chi connectivity index (χ1) is 11.2. The number of methoxy groups -OCH3 is 1. The molecule has 7 heteroatoms. The van der Waals surface area contributed by atoms with Gasteiger partial charge in [-0.1, -0.05) is 12.1 Å². The first-order valence-corrected chi connectivity index (χ1v) is 7.71. The summed E-state index contributed by atoms with van der Waals surface area (Å²) in [4.78, 5) is 27.5. The second-order valence-corrected chi connectivity index (χ2v) is 5.54. The van der Waals surface area contributed by atoms with Gasteiger partial charge in [0, 0.05) is 39.0 Å². The van der Waals surface area contributed by atoms with Crippen LogP contribution in [0, 0.1) is 0 Å². The number of nitrogens with zero attached hydrogens (tertiary/aromatic N) is 3. The first-order valence-electron chi connectivity index (χ1n) is 7.71. The zero-order chi connectivity index (χ0) is 16.2. The first kappa shape index (κ1) is 15.3. The number of benzene rings is 1. The third kappa shape index (κ3) is 3.28. The zero-order valence-corrected chi connectivity index (χ0v) is 13.1. The summed E-state index contributed by atoms with van der Waals surface area (Å²) in [6, 6.07) is 7.88. The average Bonchev–Trinajstić information content (AvgIpc) is 2.62. The number of ether oxygens (including phenoxy) is 1. The molecule has 1 N–H and O–H groups in total. The minimum absolute atomic E-state index is 0.0790. The smallest absolute Gasteiger partial charge is 0.270 e. The molecule has 0 unspecified atom stereocenters. The van der Waals surface area contributed by atoms with Crippen LogP contribution in [0.2, 0.25) is 0 Å². The Balaban J connectivity index is 1.62. The maximum absolute atomic E-state index is 12.4. The Morgan fingerprint density at radius 1 is 1.17 bits per heavy atom. The van der Waals surface area contributed by atoms with E-state index >= 15 is 0 Å². The van der Waals surface area contributed by atoms with Crippen molar-refractivity contribution in [1.82, 2.24) is 10.3 Å². The van der Waals surface area contributed by atoms with Gasteiger partial charge in [-0.15, -0.1) is 0 Å². The lowest BCUT2D eigenvalue weighted by Crippen LogP contribution is -2.51. The highest BCUT2D eigenvalue weighted by Gasteiger charge is 2.27. The van der Waals surface area contributed by atoms with Gasteiger partial charge in [0.05, 0.1) is 12.8 Å². The minimum Gasteiger partial charge on any atom is -0.495 e. The number of piperazine rings is 1. The Morgan fingerprint density at radius 3 is 2.57 bits per heavy atom. The third-order valence-electron chi connectivity index (χ3n) is 4.14. The maximum Gasteiger partial charge on any atom is 0.270 e. The zero-order valence-electron chi connectivity index (χ0n) is 13.1. The lowest BCUT2D eigenvalue weighted by molar-refractivity contribution is -0.124. The fourth-order valence-corrected chi connectivity index (χ4v) is 2.85. The number of carbonyl (C=O) groups excluding carboxylic acids is 2. The number of nitrogens with one attached hydrogen (secondary N) is 1. The Kier molecular flexibility index (Phi) is 4.45. The van der Waals surface area contributed by atoms with Crippen LogP contribution in [0.5, 0.6) is 5.75 Å². The van der Waals surface area contributed by atoms with Crippen LogP contribution in [0.15, 0.2) is 29.4 Å². The molecule has 2 aliphatic rings. The van der Waals surface area contributed by atoms with Gasteiger partial charge < -0.3 is 14.5 Å². The van der Waals surface area contributed by atoms with Gasteiger partial charge in [-0.05, 0) is 12.1 Å². The van der Waals surface area contributed by atoms with Gasteiger partial charge >= 0.3 is 0 Å². The molecule has 0 spiro atoms. The molecule has 0 saturated carbocycles. The van der Waals surface area contributed by atoms with E-state index in [0.29, 0.717) is 31.6 Å². The molecule has 2 amide bonds. The van der Waals surface area contributed by atoms with E-state index in [1.54, 1.807) is 12.0 Å². The summed E-state index contributed by atoms with van der Waals surface area (Å²) < 4.78 is 5.40. The van der Waals surface area contributed by atoms with Crippen molar-refractivity contribution < 1.29 is 14.3 Å². The summed E-state index contributed by atoms with van der Waals surface area (Å²) in [5, 5.41) is 3.88. The summed E-state index contributed by atoms with van der Waals surface area (Å²) in [5.74, 6) is 0.624. The Labute approximate surface area is 134 Å². The van der Waals surface area contributed by atoms with Crippen molar-refractivity contribution in [2.45, 2.75) is 12.8 Å². The molecule has 3 rings (SSSR count). The molecule has 0 bridgehead atoms. The van der Waals surface area contributed by atoms with Crippen molar-refractivity contribution in [2.75, 3.05) is 38.2 Å². The predicted molar refractivity (Wildman–Crippen MR) is 86.6 cm³/mol. The van der Waals surface area contributed by atoms with Crippen LogP contribution in [-0.4, -0.2) is 55.7 Å². The maximum atomic E-state index is 12.4. The van der Waals surface area contributed by atoms with Crippen molar-refractivity contribution in [3.8, 4) is 5.75 Å². The van der Waals surface area contributed by atoms with Crippen LogP contribution in [0.25, 0.3) is 0 Å². The van der Waals surface area contributed by atoms with E-state index < -0.39 is 0 Å². The molecular formula is C16H20N4O3. The lowest BCUT2D eigenvalue weighted by atomic mass is 10.1. The second kappa shape index (κ2) is 6.68.